The third-order valence-electron chi connectivity index (χ3n) is 3.69. The zero-order valence-corrected chi connectivity index (χ0v) is 13.7. The van der Waals surface area contributed by atoms with Crippen molar-refractivity contribution in [3.63, 3.8) is 0 Å². The van der Waals surface area contributed by atoms with E-state index in [9.17, 15) is 9.59 Å². The van der Waals surface area contributed by atoms with E-state index in [1.165, 1.54) is 0 Å². The first-order valence-electron chi connectivity index (χ1n) is 7.78. The van der Waals surface area contributed by atoms with Crippen LogP contribution >= 0.6 is 0 Å². The number of carbonyl (C=O) groups is 2. The predicted molar refractivity (Wildman–Crippen MR) is 83.7 cm³/mol. The monoisotopic (exact) mass is 298 g/mol. The molecule has 4 N–H and O–H groups in total. The van der Waals surface area contributed by atoms with Gasteiger partial charge in [-0.15, -0.1) is 0 Å². The van der Waals surface area contributed by atoms with Crippen LogP contribution < -0.4 is 16.4 Å². The number of likely N-dealkylation sites (tertiary alicyclic amines) is 1. The van der Waals surface area contributed by atoms with Crippen molar-refractivity contribution < 1.29 is 9.59 Å². The molecule has 0 aromatic rings. The predicted octanol–water partition coefficient (Wildman–Crippen LogP) is 0.0765. The Kier molecular flexibility index (Phi) is 6.61. The fourth-order valence-corrected chi connectivity index (χ4v) is 2.55. The normalized spacial score (nSPS) is 21.7. The first kappa shape index (κ1) is 17.9. The van der Waals surface area contributed by atoms with E-state index in [1.54, 1.807) is 0 Å². The Morgan fingerprint density at radius 2 is 2.05 bits per heavy atom. The van der Waals surface area contributed by atoms with Gasteiger partial charge in [0.25, 0.3) is 0 Å². The zero-order chi connectivity index (χ0) is 16.0. The van der Waals surface area contributed by atoms with Gasteiger partial charge >= 0.3 is 0 Å². The summed E-state index contributed by atoms with van der Waals surface area (Å²) in [5.74, 6) is 0.0225. The summed E-state index contributed by atoms with van der Waals surface area (Å²) in [5, 5.41) is 5.83. The molecule has 2 amide bonds. The van der Waals surface area contributed by atoms with E-state index < -0.39 is 0 Å². The lowest BCUT2D eigenvalue weighted by Gasteiger charge is -2.36. The molecule has 1 saturated heterocycles. The molecule has 122 valence electrons. The van der Waals surface area contributed by atoms with Crippen LogP contribution in [0.5, 0.6) is 0 Å². The third-order valence-corrected chi connectivity index (χ3v) is 3.69. The minimum absolute atomic E-state index is 0.0190. The van der Waals surface area contributed by atoms with Crippen LogP contribution in [0.1, 0.15) is 40.5 Å². The van der Waals surface area contributed by atoms with E-state index in [-0.39, 0.29) is 29.3 Å². The van der Waals surface area contributed by atoms with Crippen LogP contribution in [-0.4, -0.2) is 54.5 Å². The molecule has 2 atom stereocenters. The molecule has 0 saturated carbocycles. The van der Waals surface area contributed by atoms with Crippen molar-refractivity contribution in [1.29, 1.82) is 0 Å². The SMILES string of the molecule is CC(C(=O)NC(C)(C)C)N1CCCC(C(=O)NCCN)C1. The number of amides is 2. The Labute approximate surface area is 127 Å². The molecule has 6 heteroatoms. The van der Waals surface area contributed by atoms with E-state index in [0.29, 0.717) is 19.6 Å². The van der Waals surface area contributed by atoms with Gasteiger partial charge in [-0.1, -0.05) is 0 Å². The summed E-state index contributed by atoms with van der Waals surface area (Å²) >= 11 is 0. The van der Waals surface area contributed by atoms with Gasteiger partial charge in [0.15, 0.2) is 0 Å². The molecule has 1 aliphatic rings. The molecule has 1 aliphatic heterocycles. The van der Waals surface area contributed by atoms with Crippen LogP contribution in [-0.2, 0) is 9.59 Å². The molecule has 0 bridgehead atoms. The Bertz CT molecular complexity index is 365. The van der Waals surface area contributed by atoms with E-state index in [2.05, 4.69) is 15.5 Å². The molecule has 0 spiro atoms. The van der Waals surface area contributed by atoms with Gasteiger partial charge in [0.2, 0.25) is 11.8 Å². The van der Waals surface area contributed by atoms with Crippen LogP contribution in [0.15, 0.2) is 0 Å². The number of carbonyl (C=O) groups excluding carboxylic acids is 2. The Balaban J connectivity index is 2.55. The van der Waals surface area contributed by atoms with Crippen molar-refractivity contribution in [2.75, 3.05) is 26.2 Å². The Morgan fingerprint density at radius 3 is 2.62 bits per heavy atom. The van der Waals surface area contributed by atoms with E-state index in [0.717, 1.165) is 19.4 Å². The number of nitrogens with zero attached hydrogens (tertiary/aromatic N) is 1. The molecule has 0 aromatic heterocycles. The maximum Gasteiger partial charge on any atom is 0.237 e. The third kappa shape index (κ3) is 6.01. The highest BCUT2D eigenvalue weighted by Crippen LogP contribution is 2.19. The van der Waals surface area contributed by atoms with Crippen LogP contribution in [0.4, 0.5) is 0 Å². The van der Waals surface area contributed by atoms with Crippen LogP contribution in [0.2, 0.25) is 0 Å². The maximum atomic E-state index is 12.2. The number of nitrogens with two attached hydrogens (primary N) is 1. The highest BCUT2D eigenvalue weighted by Gasteiger charge is 2.31. The smallest absolute Gasteiger partial charge is 0.237 e. The summed E-state index contributed by atoms with van der Waals surface area (Å²) in [7, 11) is 0. The van der Waals surface area contributed by atoms with Gasteiger partial charge in [-0.25, -0.2) is 0 Å². The number of piperidine rings is 1. The van der Waals surface area contributed by atoms with Crippen molar-refractivity contribution in [3.05, 3.63) is 0 Å². The standard InChI is InChI=1S/C15H30N4O2/c1-11(13(20)18-15(2,3)4)19-9-5-6-12(10-19)14(21)17-8-7-16/h11-12H,5-10,16H2,1-4H3,(H,17,21)(H,18,20). The molecule has 21 heavy (non-hydrogen) atoms. The van der Waals surface area contributed by atoms with Crippen molar-refractivity contribution in [2.45, 2.75) is 52.1 Å². The second-order valence-corrected chi connectivity index (χ2v) is 6.83. The van der Waals surface area contributed by atoms with Crippen LogP contribution in [0, 0.1) is 5.92 Å². The zero-order valence-electron chi connectivity index (χ0n) is 13.7. The topological polar surface area (TPSA) is 87.5 Å². The summed E-state index contributed by atoms with van der Waals surface area (Å²) < 4.78 is 0. The van der Waals surface area contributed by atoms with Crippen LogP contribution in [0.25, 0.3) is 0 Å². The lowest BCUT2D eigenvalue weighted by atomic mass is 9.95. The van der Waals surface area contributed by atoms with E-state index in [1.807, 2.05) is 27.7 Å². The lowest BCUT2D eigenvalue weighted by molar-refractivity contribution is -0.132. The van der Waals surface area contributed by atoms with Crippen molar-refractivity contribution in [2.24, 2.45) is 11.7 Å². The molecular formula is C15H30N4O2. The Morgan fingerprint density at radius 1 is 1.38 bits per heavy atom. The minimum Gasteiger partial charge on any atom is -0.355 e. The quantitative estimate of drug-likeness (QED) is 0.670. The Hall–Kier alpha value is -1.14. The van der Waals surface area contributed by atoms with Gasteiger partial charge in [0, 0.05) is 25.2 Å². The minimum atomic E-state index is -0.237. The van der Waals surface area contributed by atoms with Gasteiger partial charge < -0.3 is 16.4 Å². The number of hydrogen-bond acceptors (Lipinski definition) is 4. The fraction of sp³-hybridized carbons (Fsp3) is 0.867. The number of rotatable bonds is 5. The van der Waals surface area contributed by atoms with Crippen molar-refractivity contribution in [3.8, 4) is 0 Å². The molecule has 0 aliphatic carbocycles. The summed E-state index contributed by atoms with van der Waals surface area (Å²) in [6.07, 6.45) is 1.81. The van der Waals surface area contributed by atoms with E-state index >= 15 is 0 Å². The number of hydrogen-bond donors (Lipinski definition) is 3. The molecule has 1 fully saturated rings. The van der Waals surface area contributed by atoms with Gasteiger partial charge in [-0.05, 0) is 47.1 Å². The van der Waals surface area contributed by atoms with Gasteiger partial charge in [-0.2, -0.15) is 0 Å². The molecule has 0 aromatic carbocycles. The average molecular weight is 298 g/mol. The molecule has 2 unspecified atom stereocenters. The van der Waals surface area contributed by atoms with Crippen LogP contribution in [0.3, 0.4) is 0 Å². The lowest BCUT2D eigenvalue weighted by Crippen LogP contribution is -2.54. The van der Waals surface area contributed by atoms with Crippen molar-refractivity contribution in [1.82, 2.24) is 15.5 Å². The fourth-order valence-electron chi connectivity index (χ4n) is 2.55. The molecule has 1 heterocycles. The second-order valence-electron chi connectivity index (χ2n) is 6.83. The average Bonchev–Trinajstić information content (AvgIpc) is 2.42. The summed E-state index contributed by atoms with van der Waals surface area (Å²) in [6, 6.07) is -0.214. The molecule has 0 radical (unpaired) electrons. The highest BCUT2D eigenvalue weighted by atomic mass is 16.2. The van der Waals surface area contributed by atoms with Gasteiger partial charge in [-0.3, -0.25) is 14.5 Å². The first-order chi connectivity index (χ1) is 9.74. The van der Waals surface area contributed by atoms with Gasteiger partial charge in [0.05, 0.1) is 12.0 Å². The van der Waals surface area contributed by atoms with Crippen molar-refractivity contribution >= 4 is 11.8 Å². The summed E-state index contributed by atoms with van der Waals surface area (Å²) in [5.41, 5.74) is 5.17. The molecule has 1 rings (SSSR count). The largest absolute Gasteiger partial charge is 0.355 e. The number of nitrogens with one attached hydrogen (secondary N) is 2. The maximum absolute atomic E-state index is 12.2. The van der Waals surface area contributed by atoms with Gasteiger partial charge in [0.1, 0.15) is 0 Å². The summed E-state index contributed by atoms with van der Waals surface area (Å²) in [4.78, 5) is 26.4. The highest BCUT2D eigenvalue weighted by molar-refractivity contribution is 5.82. The second kappa shape index (κ2) is 7.75. The van der Waals surface area contributed by atoms with E-state index in [4.69, 9.17) is 5.73 Å². The molecular weight excluding hydrogens is 268 g/mol. The summed E-state index contributed by atoms with van der Waals surface area (Å²) in [6.45, 7) is 10.3. The first-order valence-corrected chi connectivity index (χ1v) is 7.78. The molecule has 6 nitrogen and oxygen atoms in total.